The van der Waals surface area contributed by atoms with E-state index in [2.05, 4.69) is 115 Å². The third-order valence-corrected chi connectivity index (χ3v) is 11.5. The number of amides is 1. The van der Waals surface area contributed by atoms with Gasteiger partial charge in [-0.15, -0.1) is 0 Å². The molecule has 202 valence electrons. The Labute approximate surface area is 248 Å². The zero-order valence-corrected chi connectivity index (χ0v) is 25.3. The van der Waals surface area contributed by atoms with Crippen molar-refractivity contribution in [3.8, 4) is 5.75 Å². The summed E-state index contributed by atoms with van der Waals surface area (Å²) in [4.78, 5) is 14.5. The number of ether oxygens (including phenoxy) is 1. The molecule has 1 amide bonds. The normalized spacial score (nSPS) is 10.8. The molecule has 0 aliphatic heterocycles. The quantitative estimate of drug-likeness (QED) is 0.238. The average Bonchev–Trinajstić information content (AvgIpc) is 3.00. The van der Waals surface area contributed by atoms with Gasteiger partial charge in [0.2, 0.25) is 5.91 Å². The van der Waals surface area contributed by atoms with Gasteiger partial charge in [-0.05, 0) is 71.8 Å². The molecular formula is C35H33BrNO2P. The average molecular weight is 611 g/mol. The molecule has 0 aromatic heterocycles. The Hall–Kier alpha value is -3.72. The molecule has 5 heteroatoms. The van der Waals surface area contributed by atoms with E-state index in [4.69, 9.17) is 4.74 Å². The SMILES string of the molecule is COc1ccc(N(Cc2cccc(C[P+](c3ccccc3)(c3ccccc3)c3ccccc3)c2)C(C)=O)cc1.[Br-]. The smallest absolute Gasteiger partial charge is 0.224 e. The van der Waals surface area contributed by atoms with Crippen LogP contribution in [0.5, 0.6) is 5.75 Å². The first-order valence-corrected chi connectivity index (χ1v) is 15.1. The van der Waals surface area contributed by atoms with Gasteiger partial charge in [-0.3, -0.25) is 4.79 Å². The molecule has 0 bridgehead atoms. The van der Waals surface area contributed by atoms with E-state index in [-0.39, 0.29) is 22.9 Å². The number of rotatable bonds is 9. The van der Waals surface area contributed by atoms with Gasteiger partial charge in [-0.1, -0.05) is 78.9 Å². The summed E-state index contributed by atoms with van der Waals surface area (Å²) in [7, 11) is -0.365. The van der Waals surface area contributed by atoms with Crippen LogP contribution in [0.15, 0.2) is 140 Å². The predicted octanol–water partition coefficient (Wildman–Crippen LogP) is 3.75. The molecule has 5 rings (SSSR count). The maximum Gasteiger partial charge on any atom is 0.224 e. The van der Waals surface area contributed by atoms with Crippen molar-refractivity contribution in [2.24, 2.45) is 0 Å². The number of hydrogen-bond donors (Lipinski definition) is 0. The lowest BCUT2D eigenvalue weighted by molar-refractivity contribution is -0.116. The van der Waals surface area contributed by atoms with Crippen LogP contribution in [-0.2, 0) is 17.5 Å². The zero-order chi connectivity index (χ0) is 27.1. The predicted molar refractivity (Wildman–Crippen MR) is 165 cm³/mol. The number of nitrogens with zero attached hydrogens (tertiary/aromatic N) is 1. The molecule has 0 atom stereocenters. The van der Waals surface area contributed by atoms with Gasteiger partial charge in [0.05, 0.1) is 19.8 Å². The van der Waals surface area contributed by atoms with Crippen LogP contribution in [0.2, 0.25) is 0 Å². The molecule has 0 unspecified atom stereocenters. The zero-order valence-electron chi connectivity index (χ0n) is 22.8. The largest absolute Gasteiger partial charge is 1.00 e. The maximum atomic E-state index is 12.7. The topological polar surface area (TPSA) is 29.5 Å². The van der Waals surface area contributed by atoms with Crippen LogP contribution in [0.25, 0.3) is 0 Å². The number of hydrogen-bond acceptors (Lipinski definition) is 2. The molecule has 0 aliphatic carbocycles. The Morgan fingerprint density at radius 1 is 0.650 bits per heavy atom. The van der Waals surface area contributed by atoms with Crippen molar-refractivity contribution >= 4 is 34.8 Å². The van der Waals surface area contributed by atoms with Crippen molar-refractivity contribution in [1.82, 2.24) is 0 Å². The number of carbonyl (C=O) groups is 1. The van der Waals surface area contributed by atoms with Crippen LogP contribution in [-0.4, -0.2) is 13.0 Å². The van der Waals surface area contributed by atoms with E-state index in [1.807, 2.05) is 29.2 Å². The van der Waals surface area contributed by atoms with Crippen molar-refractivity contribution < 1.29 is 26.5 Å². The van der Waals surface area contributed by atoms with Gasteiger partial charge in [-0.2, -0.15) is 0 Å². The summed E-state index contributed by atoms with van der Waals surface area (Å²) in [6.45, 7) is 2.12. The number of halogens is 1. The summed E-state index contributed by atoms with van der Waals surface area (Å²) in [5.41, 5.74) is 3.22. The Balaban J connectivity index is 0.00000370. The van der Waals surface area contributed by atoms with Gasteiger partial charge in [0.25, 0.3) is 0 Å². The van der Waals surface area contributed by atoms with Gasteiger partial charge < -0.3 is 26.6 Å². The Bertz CT molecular complexity index is 1410. The highest BCUT2D eigenvalue weighted by Gasteiger charge is 2.45. The lowest BCUT2D eigenvalue weighted by Crippen LogP contribution is -3.00. The molecule has 5 aromatic rings. The fourth-order valence-electron chi connectivity index (χ4n) is 5.20. The highest BCUT2D eigenvalue weighted by molar-refractivity contribution is 7.95. The van der Waals surface area contributed by atoms with E-state index in [9.17, 15) is 4.79 Å². The van der Waals surface area contributed by atoms with Crippen molar-refractivity contribution in [2.75, 3.05) is 12.0 Å². The van der Waals surface area contributed by atoms with Crippen LogP contribution in [0, 0.1) is 0 Å². The standard InChI is InChI=1S/C35H33NO2P.BrH/c1-28(37)36(31-21-23-32(38-2)24-22-31)26-29-13-12-14-30(25-29)27-39(33-15-6-3-7-16-33,34-17-8-4-9-18-34)35-19-10-5-11-20-35;/h3-25H,26-27H2,1-2H3;1H/q+1;/p-1. The summed E-state index contributed by atoms with van der Waals surface area (Å²) in [6.07, 6.45) is 0.890. The number of benzene rings is 5. The summed E-state index contributed by atoms with van der Waals surface area (Å²) < 4.78 is 5.30. The van der Waals surface area contributed by atoms with Crippen molar-refractivity contribution in [2.45, 2.75) is 19.6 Å². The van der Waals surface area contributed by atoms with Gasteiger partial charge in [-0.25, -0.2) is 0 Å². The van der Waals surface area contributed by atoms with Gasteiger partial charge in [0, 0.05) is 12.6 Å². The molecule has 0 N–H and O–H groups in total. The molecule has 40 heavy (non-hydrogen) atoms. The third-order valence-electron chi connectivity index (χ3n) is 7.11. The third kappa shape index (κ3) is 6.36. The molecule has 0 heterocycles. The second-order valence-electron chi connectivity index (χ2n) is 9.60. The Kier molecular flexibility index (Phi) is 9.93. The van der Waals surface area contributed by atoms with E-state index in [1.54, 1.807) is 14.0 Å². The van der Waals surface area contributed by atoms with E-state index >= 15 is 0 Å². The first-order valence-electron chi connectivity index (χ1n) is 13.1. The Morgan fingerprint density at radius 2 is 1.12 bits per heavy atom. The highest BCUT2D eigenvalue weighted by atomic mass is 79.9. The summed E-state index contributed by atoms with van der Waals surface area (Å²) >= 11 is 0. The first kappa shape index (κ1) is 29.3. The summed E-state index contributed by atoms with van der Waals surface area (Å²) in [6, 6.07) is 49.1. The van der Waals surface area contributed by atoms with Gasteiger partial charge in [0.1, 0.15) is 28.9 Å². The number of carbonyl (C=O) groups excluding carboxylic acids is 1. The van der Waals surface area contributed by atoms with E-state index < -0.39 is 7.26 Å². The lowest BCUT2D eigenvalue weighted by atomic mass is 10.1. The highest BCUT2D eigenvalue weighted by Crippen LogP contribution is 2.58. The molecular weight excluding hydrogens is 577 g/mol. The molecule has 0 spiro atoms. The van der Waals surface area contributed by atoms with Crippen LogP contribution < -0.4 is 42.5 Å². The van der Waals surface area contributed by atoms with Gasteiger partial charge in [0.15, 0.2) is 0 Å². The summed E-state index contributed by atoms with van der Waals surface area (Å²) in [5, 5.41) is 4.07. The minimum atomic E-state index is -2.01. The lowest BCUT2D eigenvalue weighted by Gasteiger charge is -2.28. The fraction of sp³-hybridized carbons (Fsp3) is 0.114. The molecule has 0 fully saturated rings. The summed E-state index contributed by atoms with van der Waals surface area (Å²) in [5.74, 6) is 0.776. The van der Waals surface area contributed by atoms with Crippen LogP contribution in [0.1, 0.15) is 18.1 Å². The van der Waals surface area contributed by atoms with Crippen LogP contribution >= 0.6 is 7.26 Å². The molecule has 5 aromatic carbocycles. The number of methoxy groups -OCH3 is 1. The van der Waals surface area contributed by atoms with Crippen LogP contribution in [0.3, 0.4) is 0 Å². The number of anilines is 1. The minimum absolute atomic E-state index is 0. The van der Waals surface area contributed by atoms with Crippen molar-refractivity contribution in [3.05, 3.63) is 151 Å². The van der Waals surface area contributed by atoms with Crippen molar-refractivity contribution in [3.63, 3.8) is 0 Å². The van der Waals surface area contributed by atoms with E-state index in [0.29, 0.717) is 6.54 Å². The minimum Gasteiger partial charge on any atom is -1.00 e. The molecule has 0 saturated heterocycles. The van der Waals surface area contributed by atoms with E-state index in [0.717, 1.165) is 23.2 Å². The van der Waals surface area contributed by atoms with E-state index in [1.165, 1.54) is 21.5 Å². The maximum absolute atomic E-state index is 12.7. The second kappa shape index (κ2) is 13.6. The van der Waals surface area contributed by atoms with Crippen molar-refractivity contribution in [1.29, 1.82) is 0 Å². The first-order chi connectivity index (χ1) is 19.1. The van der Waals surface area contributed by atoms with Gasteiger partial charge >= 0.3 is 0 Å². The second-order valence-corrected chi connectivity index (χ2v) is 13.1. The molecule has 0 aliphatic rings. The molecule has 3 nitrogen and oxygen atoms in total. The Morgan fingerprint density at radius 3 is 1.57 bits per heavy atom. The molecule has 0 radical (unpaired) electrons. The van der Waals surface area contributed by atoms with Crippen LogP contribution in [0.4, 0.5) is 5.69 Å². The fourth-order valence-corrected chi connectivity index (χ4v) is 9.43. The molecule has 0 saturated carbocycles. The monoisotopic (exact) mass is 609 g/mol.